The van der Waals surface area contributed by atoms with Crippen LogP contribution in [0.3, 0.4) is 0 Å². The number of benzene rings is 3. The molecule has 0 saturated heterocycles. The van der Waals surface area contributed by atoms with Crippen LogP contribution in [0.25, 0.3) is 22.3 Å². The first kappa shape index (κ1) is 28.7. The number of fused-ring (bicyclic) bond motifs is 1. The summed E-state index contributed by atoms with van der Waals surface area (Å²) in [6.45, 7) is 0.183. The molecule has 0 spiro atoms. The van der Waals surface area contributed by atoms with Crippen molar-refractivity contribution in [2.75, 3.05) is 0 Å². The predicted molar refractivity (Wildman–Crippen MR) is 159 cm³/mol. The number of aromatic nitrogens is 4. The predicted octanol–water partition coefficient (Wildman–Crippen LogP) is 6.89. The molecule has 44 heavy (non-hydrogen) atoms. The third-order valence-electron chi connectivity index (χ3n) is 6.98. The van der Waals surface area contributed by atoms with Gasteiger partial charge in [0.15, 0.2) is 0 Å². The number of carboxylic acid groups (broad SMARTS) is 1. The number of carbonyl (C=O) groups is 1. The Labute approximate surface area is 252 Å². The van der Waals surface area contributed by atoms with Gasteiger partial charge in [0.2, 0.25) is 5.88 Å². The fourth-order valence-electron chi connectivity index (χ4n) is 4.75. The normalized spacial score (nSPS) is 11.2. The number of halogens is 3. The highest BCUT2D eigenvalue weighted by Crippen LogP contribution is 2.29. The fraction of sp³-hybridized carbons (Fsp3) is 0.0938. The first-order valence-electron chi connectivity index (χ1n) is 13.3. The number of pyridine rings is 1. The highest BCUT2D eigenvalue weighted by molar-refractivity contribution is 7.09. The van der Waals surface area contributed by atoms with Crippen LogP contribution in [0.5, 0.6) is 5.88 Å². The number of rotatable bonds is 10. The van der Waals surface area contributed by atoms with Crippen molar-refractivity contribution in [3.05, 3.63) is 129 Å². The van der Waals surface area contributed by atoms with Gasteiger partial charge in [0, 0.05) is 40.9 Å². The zero-order chi connectivity index (χ0) is 30.8. The molecule has 0 amide bonds. The molecule has 6 aromatic rings. The molecule has 0 unspecified atom stereocenters. The largest absolute Gasteiger partial charge is 0.478 e. The summed E-state index contributed by atoms with van der Waals surface area (Å²) in [4.78, 5) is 25.5. The Bertz CT molecular complexity index is 2030. The maximum atomic E-state index is 15.5. The fourth-order valence-corrected chi connectivity index (χ4v) is 5.33. The standard InChI is InChI=1S/C32H22F3N5O3S/c33-24-8-18(13-36)4-5-20(24)16-43-31-3-1-2-27(39-31)23-12-25(34)21(9-26(23)35)11-30-38-28-7-6-19(32(41)42)10-29(28)40(30)15-22-14-37-17-44-22/h1-10,12-14,17,36H,11,15-16H2,(H,41,42). The number of carboxylic acids is 1. The van der Waals surface area contributed by atoms with Gasteiger partial charge in [-0.1, -0.05) is 18.2 Å². The molecule has 0 saturated carbocycles. The van der Waals surface area contributed by atoms with E-state index in [0.29, 0.717) is 29.0 Å². The molecule has 0 aliphatic rings. The van der Waals surface area contributed by atoms with Gasteiger partial charge in [-0.3, -0.25) is 4.98 Å². The zero-order valence-electron chi connectivity index (χ0n) is 22.8. The van der Waals surface area contributed by atoms with Crippen LogP contribution in [0.15, 0.2) is 78.4 Å². The van der Waals surface area contributed by atoms with Gasteiger partial charge in [-0.05, 0) is 53.6 Å². The molecular weight excluding hydrogens is 591 g/mol. The van der Waals surface area contributed by atoms with Crippen molar-refractivity contribution in [3.63, 3.8) is 0 Å². The van der Waals surface area contributed by atoms with Gasteiger partial charge >= 0.3 is 5.97 Å². The van der Waals surface area contributed by atoms with E-state index >= 15 is 8.78 Å². The second kappa shape index (κ2) is 12.1. The summed E-state index contributed by atoms with van der Waals surface area (Å²) in [7, 11) is 0. The summed E-state index contributed by atoms with van der Waals surface area (Å²) < 4.78 is 52.6. The van der Waals surface area contributed by atoms with Crippen molar-refractivity contribution < 1.29 is 27.8 Å². The van der Waals surface area contributed by atoms with Crippen molar-refractivity contribution in [3.8, 4) is 17.1 Å². The number of ether oxygens (including phenoxy) is 1. The quantitative estimate of drug-likeness (QED) is 0.163. The van der Waals surface area contributed by atoms with Crippen LogP contribution in [0.1, 0.15) is 37.7 Å². The molecular formula is C32H22F3N5O3S. The molecule has 8 nitrogen and oxygen atoms in total. The lowest BCUT2D eigenvalue weighted by Gasteiger charge is -2.12. The summed E-state index contributed by atoms with van der Waals surface area (Å²) in [5, 5.41) is 16.7. The van der Waals surface area contributed by atoms with Gasteiger partial charge in [0.25, 0.3) is 0 Å². The molecule has 2 N–H and O–H groups in total. The number of thiazole rings is 1. The van der Waals surface area contributed by atoms with Crippen LogP contribution in [0.4, 0.5) is 13.2 Å². The second-order valence-electron chi connectivity index (χ2n) is 9.84. The smallest absolute Gasteiger partial charge is 0.335 e. The summed E-state index contributed by atoms with van der Waals surface area (Å²) in [6.07, 6.45) is 2.66. The Morgan fingerprint density at radius 2 is 1.82 bits per heavy atom. The molecule has 3 heterocycles. The molecule has 0 bridgehead atoms. The number of aromatic carboxylic acids is 1. The van der Waals surface area contributed by atoms with Gasteiger partial charge in [-0.25, -0.2) is 27.9 Å². The molecule has 3 aromatic carbocycles. The van der Waals surface area contributed by atoms with E-state index < -0.39 is 23.4 Å². The average molecular weight is 614 g/mol. The van der Waals surface area contributed by atoms with E-state index in [1.165, 1.54) is 47.7 Å². The number of imidazole rings is 1. The second-order valence-corrected chi connectivity index (χ2v) is 10.8. The number of hydrogen-bond acceptors (Lipinski definition) is 7. The molecule has 12 heteroatoms. The van der Waals surface area contributed by atoms with Crippen LogP contribution >= 0.6 is 11.3 Å². The molecule has 3 aromatic heterocycles. The summed E-state index contributed by atoms with van der Waals surface area (Å²) in [5.74, 6) is -2.48. The third kappa shape index (κ3) is 5.92. The van der Waals surface area contributed by atoms with Gasteiger partial charge in [-0.15, -0.1) is 11.3 Å². The highest BCUT2D eigenvalue weighted by Gasteiger charge is 2.19. The van der Waals surface area contributed by atoms with Crippen molar-refractivity contribution in [1.82, 2.24) is 19.5 Å². The lowest BCUT2D eigenvalue weighted by atomic mass is 10.0. The first-order chi connectivity index (χ1) is 21.3. The molecule has 0 atom stereocenters. The topological polar surface area (TPSA) is 114 Å². The Balaban J connectivity index is 1.28. The minimum Gasteiger partial charge on any atom is -0.478 e. The third-order valence-corrected chi connectivity index (χ3v) is 7.74. The number of hydrogen-bond donors (Lipinski definition) is 2. The van der Waals surface area contributed by atoms with Crippen LogP contribution in [-0.2, 0) is 19.6 Å². The average Bonchev–Trinajstić information content (AvgIpc) is 3.66. The van der Waals surface area contributed by atoms with Crippen molar-refractivity contribution in [2.45, 2.75) is 19.6 Å². The van der Waals surface area contributed by atoms with E-state index in [0.717, 1.165) is 23.2 Å². The van der Waals surface area contributed by atoms with Crippen LogP contribution in [0, 0.1) is 22.9 Å². The molecule has 0 aliphatic heterocycles. The van der Waals surface area contributed by atoms with Crippen LogP contribution in [-0.4, -0.2) is 36.8 Å². The van der Waals surface area contributed by atoms with Gasteiger partial charge in [-0.2, -0.15) is 0 Å². The highest BCUT2D eigenvalue weighted by atomic mass is 32.1. The Morgan fingerprint density at radius 3 is 2.57 bits per heavy atom. The maximum absolute atomic E-state index is 15.5. The van der Waals surface area contributed by atoms with E-state index in [2.05, 4.69) is 15.0 Å². The molecule has 0 radical (unpaired) electrons. The molecule has 0 aliphatic carbocycles. The van der Waals surface area contributed by atoms with Gasteiger partial charge in [0.1, 0.15) is 29.9 Å². The van der Waals surface area contributed by atoms with Crippen molar-refractivity contribution in [2.24, 2.45) is 0 Å². The monoisotopic (exact) mass is 613 g/mol. The lowest BCUT2D eigenvalue weighted by Crippen LogP contribution is -2.07. The van der Waals surface area contributed by atoms with Crippen molar-refractivity contribution in [1.29, 1.82) is 5.41 Å². The van der Waals surface area contributed by atoms with Gasteiger partial charge < -0.3 is 19.8 Å². The Kier molecular flexibility index (Phi) is 7.90. The Hall–Kier alpha value is -5.36. The maximum Gasteiger partial charge on any atom is 0.335 e. The van der Waals surface area contributed by atoms with Crippen LogP contribution < -0.4 is 4.74 Å². The van der Waals surface area contributed by atoms with E-state index in [4.69, 9.17) is 10.1 Å². The number of nitrogens with one attached hydrogen (secondary N) is 1. The van der Waals surface area contributed by atoms with E-state index in [1.807, 2.05) is 0 Å². The lowest BCUT2D eigenvalue weighted by molar-refractivity contribution is 0.0697. The molecule has 220 valence electrons. The minimum absolute atomic E-state index is 0.0572. The molecule has 0 fully saturated rings. The summed E-state index contributed by atoms with van der Waals surface area (Å²) >= 11 is 1.41. The first-order valence-corrected chi connectivity index (χ1v) is 14.1. The summed E-state index contributed by atoms with van der Waals surface area (Å²) in [5.41, 5.74) is 3.61. The Morgan fingerprint density at radius 1 is 0.977 bits per heavy atom. The van der Waals surface area contributed by atoms with E-state index in [1.54, 1.807) is 34.5 Å². The minimum atomic E-state index is -1.09. The SMILES string of the molecule is N=Cc1ccc(COc2cccc(-c3cc(F)c(Cc4nc5ccc(C(=O)O)cc5n4Cc4cncs4)cc3F)n2)c(F)c1. The van der Waals surface area contributed by atoms with E-state index in [-0.39, 0.29) is 46.9 Å². The van der Waals surface area contributed by atoms with Gasteiger partial charge in [0.05, 0.1) is 34.3 Å². The zero-order valence-corrected chi connectivity index (χ0v) is 23.6. The van der Waals surface area contributed by atoms with Crippen LogP contribution in [0.2, 0.25) is 0 Å². The number of nitrogens with zero attached hydrogens (tertiary/aromatic N) is 4. The molecule has 6 rings (SSSR count). The summed E-state index contributed by atoms with van der Waals surface area (Å²) in [6, 6.07) is 15.6. The van der Waals surface area contributed by atoms with Crippen molar-refractivity contribution >= 4 is 34.6 Å². The van der Waals surface area contributed by atoms with E-state index in [9.17, 15) is 14.3 Å².